The first-order chi connectivity index (χ1) is 8.49. The van der Waals surface area contributed by atoms with E-state index in [1.807, 2.05) is 19.1 Å². The molecule has 2 unspecified atom stereocenters. The molecule has 0 radical (unpaired) electrons. The van der Waals surface area contributed by atoms with E-state index in [9.17, 15) is 5.11 Å². The van der Waals surface area contributed by atoms with Crippen LogP contribution >= 0.6 is 27.5 Å². The molecule has 6 heteroatoms. The molecule has 2 rings (SSSR count). The van der Waals surface area contributed by atoms with E-state index in [-0.39, 0.29) is 5.92 Å². The fourth-order valence-corrected chi connectivity index (χ4v) is 1.88. The molecule has 0 amide bonds. The van der Waals surface area contributed by atoms with Crippen molar-refractivity contribution in [3.05, 3.63) is 33.6 Å². The molecule has 18 heavy (non-hydrogen) atoms. The van der Waals surface area contributed by atoms with Crippen molar-refractivity contribution in [2.45, 2.75) is 25.9 Å². The lowest BCUT2D eigenvalue weighted by atomic mass is 10.1. The summed E-state index contributed by atoms with van der Waals surface area (Å²) in [6.45, 7) is 3.52. The SMILES string of the molecule is CC(O)C(C)c1nc(-c2ccc(Cl)c(Br)c2)no1. The summed E-state index contributed by atoms with van der Waals surface area (Å²) in [5.74, 6) is 0.711. The minimum atomic E-state index is -0.532. The number of nitrogens with zero attached hydrogens (tertiary/aromatic N) is 2. The van der Waals surface area contributed by atoms with Crippen LogP contribution in [0.2, 0.25) is 5.02 Å². The third kappa shape index (κ3) is 2.74. The van der Waals surface area contributed by atoms with Crippen LogP contribution in [0.25, 0.3) is 11.4 Å². The average Bonchev–Trinajstić information content (AvgIpc) is 2.81. The normalized spacial score (nSPS) is 14.5. The number of hydrogen-bond acceptors (Lipinski definition) is 4. The highest BCUT2D eigenvalue weighted by Gasteiger charge is 2.19. The predicted octanol–water partition coefficient (Wildman–Crippen LogP) is 3.64. The third-order valence-electron chi connectivity index (χ3n) is 2.73. The average molecular weight is 332 g/mol. The zero-order valence-corrected chi connectivity index (χ0v) is 12.2. The van der Waals surface area contributed by atoms with Gasteiger partial charge in [0.05, 0.1) is 17.0 Å². The Kier molecular flexibility index (Phi) is 4.04. The minimum Gasteiger partial charge on any atom is -0.393 e. The van der Waals surface area contributed by atoms with Crippen LogP contribution in [-0.2, 0) is 0 Å². The van der Waals surface area contributed by atoms with Crippen LogP contribution in [0, 0.1) is 0 Å². The number of hydrogen-bond donors (Lipinski definition) is 1. The summed E-state index contributed by atoms with van der Waals surface area (Å²) in [7, 11) is 0. The van der Waals surface area contributed by atoms with E-state index < -0.39 is 6.10 Å². The Morgan fingerprint density at radius 3 is 2.72 bits per heavy atom. The van der Waals surface area contributed by atoms with Gasteiger partial charge in [-0.2, -0.15) is 4.98 Å². The van der Waals surface area contributed by atoms with Crippen LogP contribution in [0.15, 0.2) is 27.2 Å². The second kappa shape index (κ2) is 5.38. The van der Waals surface area contributed by atoms with Gasteiger partial charge in [-0.05, 0) is 41.1 Å². The largest absolute Gasteiger partial charge is 0.393 e. The second-order valence-corrected chi connectivity index (χ2v) is 5.38. The highest BCUT2D eigenvalue weighted by molar-refractivity contribution is 9.10. The van der Waals surface area contributed by atoms with Crippen molar-refractivity contribution in [2.24, 2.45) is 0 Å². The maximum absolute atomic E-state index is 9.48. The summed E-state index contributed by atoms with van der Waals surface area (Å²) in [6, 6.07) is 5.40. The molecule has 0 bridgehead atoms. The first-order valence-corrected chi connectivity index (χ1v) is 6.63. The quantitative estimate of drug-likeness (QED) is 0.933. The third-order valence-corrected chi connectivity index (χ3v) is 3.95. The first-order valence-electron chi connectivity index (χ1n) is 5.46. The zero-order valence-electron chi connectivity index (χ0n) is 9.89. The lowest BCUT2D eigenvalue weighted by Gasteiger charge is -2.08. The van der Waals surface area contributed by atoms with E-state index in [4.69, 9.17) is 16.1 Å². The summed E-state index contributed by atoms with van der Waals surface area (Å²) < 4.78 is 5.92. The van der Waals surface area contributed by atoms with Gasteiger partial charge in [0.25, 0.3) is 0 Å². The number of aliphatic hydroxyl groups excluding tert-OH is 1. The molecule has 0 aliphatic carbocycles. The van der Waals surface area contributed by atoms with Gasteiger partial charge in [0.15, 0.2) is 0 Å². The van der Waals surface area contributed by atoms with Crippen LogP contribution in [-0.4, -0.2) is 21.4 Å². The van der Waals surface area contributed by atoms with Crippen molar-refractivity contribution in [1.82, 2.24) is 10.1 Å². The van der Waals surface area contributed by atoms with Crippen molar-refractivity contribution in [3.8, 4) is 11.4 Å². The lowest BCUT2D eigenvalue weighted by Crippen LogP contribution is -2.11. The number of aromatic nitrogens is 2. The predicted molar refractivity (Wildman–Crippen MR) is 72.5 cm³/mol. The van der Waals surface area contributed by atoms with Crippen molar-refractivity contribution >= 4 is 27.5 Å². The fourth-order valence-electron chi connectivity index (χ4n) is 1.38. The van der Waals surface area contributed by atoms with Gasteiger partial charge in [-0.15, -0.1) is 0 Å². The molecule has 0 aliphatic heterocycles. The number of halogens is 2. The molecule has 1 N–H and O–H groups in total. The van der Waals surface area contributed by atoms with Crippen LogP contribution in [0.4, 0.5) is 0 Å². The summed E-state index contributed by atoms with van der Waals surface area (Å²) in [6.07, 6.45) is -0.532. The molecule has 1 aromatic heterocycles. The van der Waals surface area contributed by atoms with Crippen molar-refractivity contribution in [1.29, 1.82) is 0 Å². The Labute approximate surface area is 118 Å². The Morgan fingerprint density at radius 1 is 1.39 bits per heavy atom. The molecule has 2 atom stereocenters. The topological polar surface area (TPSA) is 59.2 Å². The zero-order chi connectivity index (χ0) is 13.3. The van der Waals surface area contributed by atoms with E-state index in [2.05, 4.69) is 26.1 Å². The monoisotopic (exact) mass is 330 g/mol. The minimum absolute atomic E-state index is 0.193. The van der Waals surface area contributed by atoms with Gasteiger partial charge >= 0.3 is 0 Å². The van der Waals surface area contributed by atoms with Crippen molar-refractivity contribution in [2.75, 3.05) is 0 Å². The standard InChI is InChI=1S/C12H12BrClN2O2/c1-6(7(2)17)12-15-11(16-18-12)8-3-4-10(14)9(13)5-8/h3-7,17H,1-2H3. The van der Waals surface area contributed by atoms with E-state index in [1.54, 1.807) is 13.0 Å². The Balaban J connectivity index is 2.32. The smallest absolute Gasteiger partial charge is 0.232 e. The molecule has 0 fully saturated rings. The maximum atomic E-state index is 9.48. The van der Waals surface area contributed by atoms with Crippen LogP contribution in [0.1, 0.15) is 25.7 Å². The molecule has 0 saturated heterocycles. The van der Waals surface area contributed by atoms with Crippen LogP contribution < -0.4 is 0 Å². The fraction of sp³-hybridized carbons (Fsp3) is 0.333. The van der Waals surface area contributed by atoms with Crippen molar-refractivity contribution < 1.29 is 9.63 Å². The molecule has 0 spiro atoms. The number of aliphatic hydroxyl groups is 1. The molecular formula is C12H12BrClN2O2. The maximum Gasteiger partial charge on any atom is 0.232 e. The van der Waals surface area contributed by atoms with Gasteiger partial charge < -0.3 is 9.63 Å². The van der Waals surface area contributed by atoms with Gasteiger partial charge in [0.2, 0.25) is 11.7 Å². The van der Waals surface area contributed by atoms with Gasteiger partial charge in [0.1, 0.15) is 0 Å². The highest BCUT2D eigenvalue weighted by atomic mass is 79.9. The Hall–Kier alpha value is -0.910. The van der Waals surface area contributed by atoms with E-state index in [0.29, 0.717) is 16.7 Å². The molecule has 0 aliphatic rings. The molecule has 1 heterocycles. The summed E-state index contributed by atoms with van der Waals surface area (Å²) in [5, 5.41) is 14.0. The van der Waals surface area contributed by atoms with E-state index in [1.165, 1.54) is 0 Å². The number of rotatable bonds is 3. The molecule has 96 valence electrons. The van der Waals surface area contributed by atoms with E-state index in [0.717, 1.165) is 10.0 Å². The second-order valence-electron chi connectivity index (χ2n) is 4.11. The molecule has 0 saturated carbocycles. The summed E-state index contributed by atoms with van der Waals surface area (Å²) in [4.78, 5) is 4.27. The molecule has 2 aromatic rings. The summed E-state index contributed by atoms with van der Waals surface area (Å²) >= 11 is 9.27. The van der Waals surface area contributed by atoms with Gasteiger partial charge in [-0.25, -0.2) is 0 Å². The van der Waals surface area contributed by atoms with Crippen molar-refractivity contribution in [3.63, 3.8) is 0 Å². The molecule has 4 nitrogen and oxygen atoms in total. The molecular weight excluding hydrogens is 320 g/mol. The van der Waals surface area contributed by atoms with Gasteiger partial charge in [0, 0.05) is 10.0 Å². The van der Waals surface area contributed by atoms with Crippen LogP contribution in [0.5, 0.6) is 0 Å². The lowest BCUT2D eigenvalue weighted by molar-refractivity contribution is 0.151. The summed E-state index contributed by atoms with van der Waals surface area (Å²) in [5.41, 5.74) is 0.805. The van der Waals surface area contributed by atoms with Gasteiger partial charge in [-0.3, -0.25) is 0 Å². The van der Waals surface area contributed by atoms with E-state index >= 15 is 0 Å². The Morgan fingerprint density at radius 2 is 2.11 bits per heavy atom. The first kappa shape index (κ1) is 13.5. The van der Waals surface area contributed by atoms with Gasteiger partial charge in [-0.1, -0.05) is 23.7 Å². The van der Waals surface area contributed by atoms with Crippen LogP contribution in [0.3, 0.4) is 0 Å². The molecule has 1 aromatic carbocycles. The number of benzene rings is 1. The Bertz CT molecular complexity index is 557. The highest BCUT2D eigenvalue weighted by Crippen LogP contribution is 2.28.